The van der Waals surface area contributed by atoms with Crippen molar-refractivity contribution in [2.45, 2.75) is 0 Å². The molecule has 0 radical (unpaired) electrons. The molecule has 0 rings (SSSR count). The van der Waals surface area contributed by atoms with Crippen LogP contribution in [0.15, 0.2) is 0 Å². The molecule has 0 fully saturated rings. The second-order valence-corrected chi connectivity index (χ2v) is 0. The zero-order valence-electron chi connectivity index (χ0n) is 4.13. The van der Waals surface area contributed by atoms with Crippen molar-refractivity contribution in [3.05, 3.63) is 0 Å². The maximum absolute atomic E-state index is 8.35. The van der Waals surface area contributed by atoms with Crippen LogP contribution in [0.2, 0.25) is 0 Å². The Morgan fingerprint density at radius 2 is 1.40 bits per heavy atom. The van der Waals surface area contributed by atoms with Crippen LogP contribution < -0.4 is 0 Å². The van der Waals surface area contributed by atoms with E-state index in [1.807, 2.05) is 0 Å². The van der Waals surface area contributed by atoms with Crippen LogP contribution in [0.4, 0.5) is 0 Å². The third kappa shape index (κ3) is 465. The van der Waals surface area contributed by atoms with Crippen LogP contribution in [0.1, 0.15) is 2.74 Å². The van der Waals surface area contributed by atoms with Crippen LogP contribution in [-0.2, 0) is 26.1 Å². The minimum absolute atomic E-state index is 0. The van der Waals surface area contributed by atoms with E-state index in [0.29, 0.717) is 0 Å². The average Bonchev–Trinajstić information content (AvgIpc) is 1.39. The molecule has 0 bridgehead atoms. The molecule has 0 aliphatic rings. The summed E-state index contributed by atoms with van der Waals surface area (Å²) >= 11 is 0. The van der Waals surface area contributed by atoms with E-state index in [1.165, 1.54) is 0 Å². The fourth-order valence-electron chi connectivity index (χ4n) is 0. The molecule has 2 nitrogen and oxygen atoms in total. The quantitative estimate of drug-likeness (QED) is 0.243. The molecule has 0 heterocycles. The molecule has 0 aliphatic carbocycles. The minimum Gasteiger partial charge on any atom is -0.545 e. The van der Waals surface area contributed by atoms with Crippen LogP contribution >= 0.6 is 0 Å². The maximum atomic E-state index is 8.35. The van der Waals surface area contributed by atoms with Crippen LogP contribution in [0.3, 0.4) is 0 Å². The van der Waals surface area contributed by atoms with Crippen molar-refractivity contribution in [2.24, 2.45) is 0 Å². The maximum Gasteiger partial charge on any atom is 2.00 e. The Hall–Kier alpha value is -0.166. The van der Waals surface area contributed by atoms with Crippen molar-refractivity contribution < 1.29 is 28.8 Å². The molecular formula is C2H2NiO2. The Bertz CT molecular complexity index is 34.7. The topological polar surface area (TPSA) is 34.1 Å². The van der Waals surface area contributed by atoms with Gasteiger partial charge < -0.3 is 9.59 Å². The molecule has 0 unspecified atom stereocenters. The molecule has 32 valence electrons. The SMILES string of the molecule is [2H][C-]=O.[2H][C-]=O.[Ni+2]. The predicted octanol–water partition coefficient (Wildman–Crippen LogP) is -0.551. The first kappa shape index (κ1) is 4.83. The van der Waals surface area contributed by atoms with Crippen molar-refractivity contribution >= 4 is 13.5 Å². The summed E-state index contributed by atoms with van der Waals surface area (Å²) in [5.74, 6) is 0. The molecular weight excluding hydrogens is 115 g/mol. The van der Waals surface area contributed by atoms with Gasteiger partial charge in [0.1, 0.15) is 0 Å². The van der Waals surface area contributed by atoms with Crippen molar-refractivity contribution in [3.63, 3.8) is 0 Å². The van der Waals surface area contributed by atoms with Gasteiger partial charge in [0.15, 0.2) is 0 Å². The molecule has 0 atom stereocenters. The number of hydrogen-bond donors (Lipinski definition) is 0. The fourth-order valence-corrected chi connectivity index (χ4v) is 0. The Kier molecular flexibility index (Phi) is 1070. The van der Waals surface area contributed by atoms with Crippen molar-refractivity contribution in [1.82, 2.24) is 0 Å². The minimum atomic E-state index is 0. The van der Waals surface area contributed by atoms with E-state index >= 15 is 0 Å². The molecule has 0 saturated heterocycles. The summed E-state index contributed by atoms with van der Waals surface area (Å²) < 4.78 is 10.8. The van der Waals surface area contributed by atoms with Gasteiger partial charge in [-0.3, -0.25) is 13.5 Å². The normalized spacial score (nSPS) is 5.60. The third-order valence-electron chi connectivity index (χ3n) is 0. The van der Waals surface area contributed by atoms with Crippen LogP contribution in [-0.4, -0.2) is 13.5 Å². The summed E-state index contributed by atoms with van der Waals surface area (Å²) in [6, 6.07) is 0. The largest absolute Gasteiger partial charge is 2.00 e. The third-order valence-corrected chi connectivity index (χ3v) is 0. The summed E-state index contributed by atoms with van der Waals surface area (Å²) in [5, 5.41) is 0. The van der Waals surface area contributed by atoms with Crippen LogP contribution in [0.5, 0.6) is 0 Å². The summed E-state index contributed by atoms with van der Waals surface area (Å²) in [6.45, 7) is 1.50. The fraction of sp³-hybridized carbons (Fsp3) is 0. The Morgan fingerprint density at radius 1 is 1.40 bits per heavy atom. The van der Waals surface area contributed by atoms with E-state index in [2.05, 4.69) is 0 Å². The average molecular weight is 119 g/mol. The van der Waals surface area contributed by atoms with Gasteiger partial charge in [-0.25, -0.2) is 0 Å². The van der Waals surface area contributed by atoms with Gasteiger partial charge in [0.2, 0.25) is 0 Å². The predicted molar refractivity (Wildman–Crippen MR) is 13.5 cm³/mol. The van der Waals surface area contributed by atoms with Gasteiger partial charge in [-0.05, 0) is 0 Å². The smallest absolute Gasteiger partial charge is 0.545 e. The Labute approximate surface area is 43.3 Å². The second kappa shape index (κ2) is 1110. The zero-order valence-corrected chi connectivity index (χ0v) is 3.12. The number of carbonyl (C=O) groups excluding carboxylic acids is 2. The zero-order chi connectivity index (χ0) is 5.41. The number of hydrogen-bond acceptors (Lipinski definition) is 2. The molecule has 0 saturated carbocycles. The summed E-state index contributed by atoms with van der Waals surface area (Å²) in [7, 11) is 0. The van der Waals surface area contributed by atoms with Gasteiger partial charge in [0, 0.05) is 0 Å². The van der Waals surface area contributed by atoms with Crippen molar-refractivity contribution in [3.8, 4) is 0 Å². The van der Waals surface area contributed by atoms with E-state index in [4.69, 9.17) is 12.3 Å². The van der Waals surface area contributed by atoms with Crippen LogP contribution in [0.25, 0.3) is 0 Å². The van der Waals surface area contributed by atoms with Gasteiger partial charge in [-0.1, -0.05) is 0 Å². The van der Waals surface area contributed by atoms with E-state index < -0.39 is 0 Å². The molecule has 0 aliphatic heterocycles. The van der Waals surface area contributed by atoms with E-state index in [9.17, 15) is 0 Å². The summed E-state index contributed by atoms with van der Waals surface area (Å²) in [5.41, 5.74) is 0. The van der Waals surface area contributed by atoms with E-state index in [0.717, 1.165) is 13.5 Å². The van der Waals surface area contributed by atoms with E-state index in [-0.39, 0.29) is 16.5 Å². The van der Waals surface area contributed by atoms with Crippen molar-refractivity contribution in [2.75, 3.05) is 0 Å². The Morgan fingerprint density at radius 3 is 1.40 bits per heavy atom. The standard InChI is InChI=1S/2CHO.Ni/c2*1-2;/h2*1H;/q2*-1;+2/i2*1D;. The number of rotatable bonds is 0. The second-order valence-electron chi connectivity index (χ2n) is 0. The van der Waals surface area contributed by atoms with Gasteiger partial charge in [0.05, 0.1) is 0 Å². The van der Waals surface area contributed by atoms with Gasteiger partial charge >= 0.3 is 16.5 Å². The molecule has 0 aromatic carbocycles. The monoisotopic (exact) mass is 118 g/mol. The summed E-state index contributed by atoms with van der Waals surface area (Å²) in [6.07, 6.45) is 0. The first-order valence-corrected chi connectivity index (χ1v) is 0.408. The summed E-state index contributed by atoms with van der Waals surface area (Å²) in [4.78, 5) is 16.7. The van der Waals surface area contributed by atoms with Gasteiger partial charge in [-0.15, -0.1) is 0 Å². The first-order chi connectivity index (χ1) is 2.83. The molecule has 3 heteroatoms. The molecule has 0 amide bonds. The Balaban J connectivity index is -0.0000000400. The van der Waals surface area contributed by atoms with Crippen molar-refractivity contribution in [1.29, 1.82) is 0 Å². The molecule has 5 heavy (non-hydrogen) atoms. The molecule has 0 N–H and O–H groups in total. The van der Waals surface area contributed by atoms with Gasteiger partial charge in [0.25, 0.3) is 0 Å². The molecule has 0 aromatic heterocycles. The van der Waals surface area contributed by atoms with E-state index in [1.54, 1.807) is 0 Å². The van der Waals surface area contributed by atoms with Gasteiger partial charge in [-0.2, -0.15) is 2.74 Å². The molecule has 0 aromatic rings. The first-order valence-electron chi connectivity index (χ1n) is 1.41. The molecule has 0 spiro atoms. The van der Waals surface area contributed by atoms with Crippen LogP contribution in [0, 0.1) is 0 Å².